The van der Waals surface area contributed by atoms with E-state index in [1.807, 2.05) is 6.92 Å². The number of aliphatic hydroxyl groups excluding tert-OH is 1. The second-order valence-electron chi connectivity index (χ2n) is 8.90. The van der Waals surface area contributed by atoms with Gasteiger partial charge in [0.1, 0.15) is 18.3 Å². The first-order valence-electron chi connectivity index (χ1n) is 12.8. The lowest BCUT2D eigenvalue weighted by Crippen LogP contribution is -2.61. The van der Waals surface area contributed by atoms with Gasteiger partial charge in [0.25, 0.3) is 0 Å². The molecule has 1 N–H and O–H groups in total. The van der Waals surface area contributed by atoms with Crippen LogP contribution in [0.2, 0.25) is 0 Å². The average molecular weight is 447 g/mol. The van der Waals surface area contributed by atoms with Gasteiger partial charge in [-0.05, 0) is 38.5 Å². The van der Waals surface area contributed by atoms with E-state index in [4.69, 9.17) is 23.7 Å². The summed E-state index contributed by atoms with van der Waals surface area (Å²) >= 11 is 0. The highest BCUT2D eigenvalue weighted by Gasteiger charge is 2.48. The number of hydrogen-bond donors (Lipinski definition) is 1. The van der Waals surface area contributed by atoms with Crippen LogP contribution in [0.3, 0.4) is 0 Å². The Hall–Kier alpha value is -0.240. The van der Waals surface area contributed by atoms with E-state index in [9.17, 15) is 5.11 Å². The highest BCUT2D eigenvalue weighted by atomic mass is 16.7. The Kier molecular flexibility index (Phi) is 16.0. The number of rotatable bonds is 18. The molecule has 1 fully saturated rings. The van der Waals surface area contributed by atoms with Gasteiger partial charge in [-0.1, -0.05) is 60.3 Å². The van der Waals surface area contributed by atoms with Crippen molar-refractivity contribution in [3.05, 3.63) is 0 Å². The van der Waals surface area contributed by atoms with Gasteiger partial charge >= 0.3 is 0 Å². The number of ether oxygens (including phenoxy) is 5. The quantitative estimate of drug-likeness (QED) is 0.296. The van der Waals surface area contributed by atoms with Crippen molar-refractivity contribution in [2.24, 2.45) is 5.92 Å². The third-order valence-corrected chi connectivity index (χ3v) is 6.02. The largest absolute Gasteiger partial charge is 0.394 e. The Morgan fingerprint density at radius 1 is 0.774 bits per heavy atom. The summed E-state index contributed by atoms with van der Waals surface area (Å²) in [6.45, 7) is 14.7. The van der Waals surface area contributed by atoms with E-state index < -0.39 is 6.29 Å². The van der Waals surface area contributed by atoms with E-state index in [1.54, 1.807) is 0 Å². The second kappa shape index (κ2) is 17.3. The zero-order valence-corrected chi connectivity index (χ0v) is 21.0. The Balaban J connectivity index is 3.04. The van der Waals surface area contributed by atoms with E-state index >= 15 is 0 Å². The van der Waals surface area contributed by atoms with Crippen LogP contribution in [-0.4, -0.2) is 68.3 Å². The minimum atomic E-state index is -0.582. The normalized spacial score (nSPS) is 28.5. The van der Waals surface area contributed by atoms with Crippen LogP contribution >= 0.6 is 0 Å². The molecule has 0 amide bonds. The molecule has 0 aromatic heterocycles. The maximum atomic E-state index is 9.98. The molecule has 186 valence electrons. The van der Waals surface area contributed by atoms with Gasteiger partial charge in [0.2, 0.25) is 0 Å². The Bertz CT molecular complexity index is 421. The van der Waals surface area contributed by atoms with Gasteiger partial charge in [0.15, 0.2) is 6.29 Å². The summed E-state index contributed by atoms with van der Waals surface area (Å²) in [6, 6.07) is 0. The molecule has 1 aliphatic heterocycles. The highest BCUT2D eigenvalue weighted by Crippen LogP contribution is 2.31. The van der Waals surface area contributed by atoms with Gasteiger partial charge in [-0.25, -0.2) is 0 Å². The molecule has 0 aromatic carbocycles. The molecule has 1 rings (SSSR count). The molecule has 7 atom stereocenters. The fourth-order valence-corrected chi connectivity index (χ4v) is 3.94. The third kappa shape index (κ3) is 10.1. The van der Waals surface area contributed by atoms with Gasteiger partial charge in [-0.2, -0.15) is 0 Å². The molecule has 6 heteroatoms. The van der Waals surface area contributed by atoms with Crippen LogP contribution < -0.4 is 0 Å². The lowest BCUT2D eigenvalue weighted by atomic mass is 9.97. The summed E-state index contributed by atoms with van der Waals surface area (Å²) in [7, 11) is 0. The zero-order chi connectivity index (χ0) is 23.1. The second-order valence-corrected chi connectivity index (χ2v) is 8.90. The summed E-state index contributed by atoms with van der Waals surface area (Å²) in [5, 5.41) is 9.98. The molecule has 0 saturated carbocycles. The number of hydrogen-bond acceptors (Lipinski definition) is 6. The minimum Gasteiger partial charge on any atom is -0.394 e. The van der Waals surface area contributed by atoms with E-state index in [-0.39, 0.29) is 43.0 Å². The summed E-state index contributed by atoms with van der Waals surface area (Å²) in [5.41, 5.74) is 0. The standard InChI is InChI=1S/C25H50O6/c1-7-11-15-27-22-20(6)30-25(31-21(18-26)19(5)14-10-4)24(29-17-13-9-3)23(22)28-16-12-8-2/h19-26H,7-18H2,1-6H3/t19?,20?,21?,22-,23?,24?,25+/m1/s1. The van der Waals surface area contributed by atoms with Crippen molar-refractivity contribution in [3.63, 3.8) is 0 Å². The van der Waals surface area contributed by atoms with Crippen molar-refractivity contribution in [2.75, 3.05) is 26.4 Å². The molecule has 0 spiro atoms. The summed E-state index contributed by atoms with van der Waals surface area (Å²) in [6.07, 6.45) is 6.34. The summed E-state index contributed by atoms with van der Waals surface area (Å²) in [4.78, 5) is 0. The SMILES string of the molecule is CCCCOC1C(OCCCC)[C@H](OCCCC)C(C)O[C@H]1OC(CO)C(C)CCC. The molecular formula is C25H50O6. The van der Waals surface area contributed by atoms with Gasteiger partial charge in [-0.15, -0.1) is 0 Å². The monoisotopic (exact) mass is 446 g/mol. The van der Waals surface area contributed by atoms with Crippen LogP contribution in [-0.2, 0) is 23.7 Å². The van der Waals surface area contributed by atoms with E-state index in [1.165, 1.54) is 0 Å². The maximum Gasteiger partial charge on any atom is 0.187 e. The van der Waals surface area contributed by atoms with Crippen molar-refractivity contribution in [1.29, 1.82) is 0 Å². The molecular weight excluding hydrogens is 396 g/mol. The predicted molar refractivity (Wildman–Crippen MR) is 124 cm³/mol. The zero-order valence-electron chi connectivity index (χ0n) is 21.0. The smallest absolute Gasteiger partial charge is 0.187 e. The van der Waals surface area contributed by atoms with Crippen molar-refractivity contribution in [1.82, 2.24) is 0 Å². The average Bonchev–Trinajstić information content (AvgIpc) is 2.75. The van der Waals surface area contributed by atoms with Crippen molar-refractivity contribution >= 4 is 0 Å². The lowest BCUT2D eigenvalue weighted by molar-refractivity contribution is -0.329. The van der Waals surface area contributed by atoms with Crippen LogP contribution in [0.15, 0.2) is 0 Å². The van der Waals surface area contributed by atoms with Gasteiger partial charge in [0.05, 0.1) is 18.8 Å². The molecule has 31 heavy (non-hydrogen) atoms. The molecule has 5 unspecified atom stereocenters. The first kappa shape index (κ1) is 28.8. The van der Waals surface area contributed by atoms with Crippen molar-refractivity contribution in [3.8, 4) is 0 Å². The molecule has 6 nitrogen and oxygen atoms in total. The van der Waals surface area contributed by atoms with Gasteiger partial charge in [-0.3, -0.25) is 0 Å². The third-order valence-electron chi connectivity index (χ3n) is 6.02. The molecule has 1 aliphatic rings. The maximum absolute atomic E-state index is 9.98. The molecule has 0 radical (unpaired) electrons. The Morgan fingerprint density at radius 2 is 1.29 bits per heavy atom. The molecule has 1 heterocycles. The van der Waals surface area contributed by atoms with E-state index in [0.29, 0.717) is 19.8 Å². The summed E-state index contributed by atoms with van der Waals surface area (Å²) in [5.74, 6) is 0.239. The van der Waals surface area contributed by atoms with Crippen molar-refractivity contribution < 1.29 is 28.8 Å². The Labute approximate surface area is 191 Å². The van der Waals surface area contributed by atoms with Crippen LogP contribution in [0.1, 0.15) is 92.9 Å². The van der Waals surface area contributed by atoms with Crippen LogP contribution in [0, 0.1) is 5.92 Å². The van der Waals surface area contributed by atoms with Gasteiger partial charge in [0, 0.05) is 19.8 Å². The predicted octanol–water partition coefficient (Wildman–Crippen LogP) is 5.10. The summed E-state index contributed by atoms with van der Waals surface area (Å²) < 4.78 is 31.6. The molecule has 0 aliphatic carbocycles. The highest BCUT2D eigenvalue weighted by molar-refractivity contribution is 4.92. The van der Waals surface area contributed by atoms with E-state index in [0.717, 1.165) is 51.4 Å². The van der Waals surface area contributed by atoms with Crippen LogP contribution in [0.5, 0.6) is 0 Å². The van der Waals surface area contributed by atoms with Gasteiger partial charge < -0.3 is 28.8 Å². The minimum absolute atomic E-state index is 0.0329. The first-order valence-corrected chi connectivity index (χ1v) is 12.8. The fraction of sp³-hybridized carbons (Fsp3) is 1.00. The molecule has 0 bridgehead atoms. The number of unbranched alkanes of at least 4 members (excludes halogenated alkanes) is 3. The van der Waals surface area contributed by atoms with Crippen molar-refractivity contribution in [2.45, 2.75) is 130 Å². The number of aliphatic hydroxyl groups is 1. The lowest BCUT2D eigenvalue weighted by Gasteiger charge is -2.46. The molecule has 1 saturated heterocycles. The van der Waals surface area contributed by atoms with Crippen LogP contribution in [0.4, 0.5) is 0 Å². The fourth-order valence-electron chi connectivity index (χ4n) is 3.94. The topological polar surface area (TPSA) is 66.4 Å². The Morgan fingerprint density at radius 3 is 1.77 bits per heavy atom. The van der Waals surface area contributed by atoms with Crippen LogP contribution in [0.25, 0.3) is 0 Å². The van der Waals surface area contributed by atoms with E-state index in [2.05, 4.69) is 34.6 Å². The first-order chi connectivity index (χ1) is 15.0. The molecule has 0 aromatic rings.